The van der Waals surface area contributed by atoms with Gasteiger partial charge in [-0.15, -0.1) is 0 Å². The number of aliphatic hydroxyl groups is 6. The van der Waals surface area contributed by atoms with Gasteiger partial charge in [0.15, 0.2) is 6.29 Å². The molecule has 1 saturated heterocycles. The van der Waals surface area contributed by atoms with E-state index in [1.54, 1.807) is 0 Å². The maximum Gasteiger partial charge on any atom is 0.186 e. The smallest absolute Gasteiger partial charge is 0.186 e. The van der Waals surface area contributed by atoms with Crippen molar-refractivity contribution in [1.82, 2.24) is 5.32 Å². The molecular formula is C42H85NO9. The lowest BCUT2D eigenvalue weighted by molar-refractivity contribution is -0.303. The highest BCUT2D eigenvalue weighted by atomic mass is 16.7. The maximum atomic E-state index is 11.1. The first kappa shape index (κ1) is 49.6. The van der Waals surface area contributed by atoms with Gasteiger partial charge in [-0.1, -0.05) is 181 Å². The second-order valence-electron chi connectivity index (χ2n) is 15.6. The van der Waals surface area contributed by atoms with E-state index in [2.05, 4.69) is 19.2 Å². The monoisotopic (exact) mass is 748 g/mol. The zero-order chi connectivity index (χ0) is 38.1. The summed E-state index contributed by atoms with van der Waals surface area (Å²) in [4.78, 5) is 0. The number of ether oxygens (including phenoxy) is 3. The Morgan fingerprint density at radius 2 is 0.981 bits per heavy atom. The van der Waals surface area contributed by atoms with Gasteiger partial charge in [0.1, 0.15) is 24.4 Å². The minimum Gasteiger partial charge on any atom is -0.394 e. The summed E-state index contributed by atoms with van der Waals surface area (Å²) in [5.74, 6) is 0. The Labute approximate surface area is 318 Å². The van der Waals surface area contributed by atoms with Crippen LogP contribution < -0.4 is 5.32 Å². The van der Waals surface area contributed by atoms with Crippen LogP contribution in [0.15, 0.2) is 0 Å². The normalized spacial score (nSPS) is 22.5. The molecular weight excluding hydrogens is 662 g/mol. The highest BCUT2D eigenvalue weighted by Gasteiger charge is 2.44. The third kappa shape index (κ3) is 24.9. The average molecular weight is 748 g/mol. The topological polar surface area (TPSA) is 161 Å². The van der Waals surface area contributed by atoms with Crippen LogP contribution in [0.3, 0.4) is 0 Å². The van der Waals surface area contributed by atoms with Crippen molar-refractivity contribution >= 4 is 0 Å². The molecule has 0 aromatic rings. The minimum absolute atomic E-state index is 0.151. The molecule has 0 aliphatic carbocycles. The predicted octanol–water partition coefficient (Wildman–Crippen LogP) is 7.42. The third-order valence-electron chi connectivity index (χ3n) is 10.8. The van der Waals surface area contributed by atoms with Crippen LogP contribution in [0.4, 0.5) is 0 Å². The molecule has 1 fully saturated rings. The molecule has 1 heterocycles. The molecule has 10 nitrogen and oxygen atoms in total. The largest absolute Gasteiger partial charge is 0.394 e. The predicted molar refractivity (Wildman–Crippen MR) is 210 cm³/mol. The van der Waals surface area contributed by atoms with E-state index in [1.807, 2.05) is 0 Å². The second-order valence-corrected chi connectivity index (χ2v) is 15.6. The second kappa shape index (κ2) is 35.0. The molecule has 5 unspecified atom stereocenters. The van der Waals surface area contributed by atoms with Crippen LogP contribution in [0.25, 0.3) is 0 Å². The van der Waals surface area contributed by atoms with Gasteiger partial charge >= 0.3 is 0 Å². The minimum atomic E-state index is -1.55. The Morgan fingerprint density at radius 1 is 0.558 bits per heavy atom. The summed E-state index contributed by atoms with van der Waals surface area (Å²) in [5, 5.41) is 65.3. The Balaban J connectivity index is 2.33. The van der Waals surface area contributed by atoms with Crippen LogP contribution in [0.2, 0.25) is 0 Å². The zero-order valence-electron chi connectivity index (χ0n) is 33.7. The Bertz CT molecular complexity index is 748. The van der Waals surface area contributed by atoms with Crippen LogP contribution in [-0.2, 0) is 14.2 Å². The lowest BCUT2D eigenvalue weighted by atomic mass is 9.98. The fourth-order valence-corrected chi connectivity index (χ4v) is 7.13. The van der Waals surface area contributed by atoms with Crippen LogP contribution in [-0.4, -0.2) is 106 Å². The van der Waals surface area contributed by atoms with E-state index < -0.39 is 55.6 Å². The van der Waals surface area contributed by atoms with E-state index >= 15 is 0 Å². The van der Waals surface area contributed by atoms with Gasteiger partial charge in [0, 0.05) is 6.61 Å². The maximum absolute atomic E-state index is 11.1. The van der Waals surface area contributed by atoms with Crippen molar-refractivity contribution in [2.24, 2.45) is 0 Å². The van der Waals surface area contributed by atoms with E-state index in [-0.39, 0.29) is 13.3 Å². The molecule has 8 atom stereocenters. The average Bonchev–Trinajstić information content (AvgIpc) is 3.15. The first-order chi connectivity index (χ1) is 25.4. The van der Waals surface area contributed by atoms with Gasteiger partial charge in [0.2, 0.25) is 0 Å². The van der Waals surface area contributed by atoms with Crippen molar-refractivity contribution in [2.75, 3.05) is 26.6 Å². The molecule has 1 rings (SSSR count). The molecule has 0 amide bonds. The van der Waals surface area contributed by atoms with E-state index in [0.717, 1.165) is 32.1 Å². The van der Waals surface area contributed by atoms with E-state index in [4.69, 9.17) is 14.2 Å². The van der Waals surface area contributed by atoms with Gasteiger partial charge in [-0.05, 0) is 12.8 Å². The molecule has 0 saturated carbocycles. The number of aliphatic hydroxyl groups excluding tert-OH is 6. The van der Waals surface area contributed by atoms with Crippen molar-refractivity contribution in [3.63, 3.8) is 0 Å². The van der Waals surface area contributed by atoms with E-state index in [9.17, 15) is 30.6 Å². The van der Waals surface area contributed by atoms with Crippen molar-refractivity contribution < 1.29 is 44.8 Å². The summed E-state index contributed by atoms with van der Waals surface area (Å²) in [6, 6.07) is -0.735. The molecule has 52 heavy (non-hydrogen) atoms. The zero-order valence-corrected chi connectivity index (χ0v) is 33.7. The quantitative estimate of drug-likeness (QED) is 0.0250. The summed E-state index contributed by atoms with van der Waals surface area (Å²) in [5.41, 5.74) is 0. The standard InChI is InChI=1S/C42H85NO9/c1-3-5-7-9-11-13-15-17-18-19-21-23-25-27-29-31-50-34-43-35(33-51-42-41(49)40(48)39(47)37(32-44)52-42)38(46)36(45)30-28-26-24-22-20-16-14-12-10-8-6-4-2/h35-49H,3-34H2,1-2H3/t35-,36+,37?,38-,39?,40?,41?,42?/m0/s1. The number of unbranched alkanes of at least 4 members (excludes halogenated alkanes) is 25. The van der Waals surface area contributed by atoms with Gasteiger partial charge in [-0.25, -0.2) is 0 Å². The van der Waals surface area contributed by atoms with Crippen LogP contribution in [0, 0.1) is 0 Å². The van der Waals surface area contributed by atoms with Gasteiger partial charge in [-0.3, -0.25) is 5.32 Å². The van der Waals surface area contributed by atoms with Gasteiger partial charge in [-0.2, -0.15) is 0 Å². The van der Waals surface area contributed by atoms with Gasteiger partial charge in [0.25, 0.3) is 0 Å². The van der Waals surface area contributed by atoms with Gasteiger partial charge in [0.05, 0.1) is 38.2 Å². The molecule has 0 spiro atoms. The number of hydrogen-bond acceptors (Lipinski definition) is 10. The fraction of sp³-hybridized carbons (Fsp3) is 1.00. The van der Waals surface area contributed by atoms with Crippen molar-refractivity contribution in [2.45, 2.75) is 243 Å². The summed E-state index contributed by atoms with van der Waals surface area (Å²) in [6.07, 6.45) is 25.5. The van der Waals surface area contributed by atoms with E-state index in [0.29, 0.717) is 13.0 Å². The number of rotatable bonds is 38. The number of hydrogen-bond donors (Lipinski definition) is 7. The SMILES string of the molecule is CCCCCCCCCCCCCCCCCOCN[C@@H](COC1OC(CO)C(O)C(O)C1O)[C@H](O)[C@H](O)CCCCCCCCCCCCCC. The molecule has 7 N–H and O–H groups in total. The van der Waals surface area contributed by atoms with Crippen LogP contribution in [0.1, 0.15) is 194 Å². The Morgan fingerprint density at radius 3 is 1.42 bits per heavy atom. The molecule has 0 aromatic heterocycles. The van der Waals surface area contributed by atoms with Crippen molar-refractivity contribution in [3.8, 4) is 0 Å². The summed E-state index contributed by atoms with van der Waals surface area (Å²) < 4.78 is 17.0. The lowest BCUT2D eigenvalue weighted by Gasteiger charge is -2.40. The molecule has 312 valence electrons. The Hall–Kier alpha value is -0.400. The van der Waals surface area contributed by atoms with Crippen molar-refractivity contribution in [1.29, 1.82) is 0 Å². The van der Waals surface area contributed by atoms with Crippen LogP contribution in [0.5, 0.6) is 0 Å². The van der Waals surface area contributed by atoms with Crippen LogP contribution >= 0.6 is 0 Å². The molecule has 0 radical (unpaired) electrons. The highest BCUT2D eigenvalue weighted by molar-refractivity contribution is 4.89. The molecule has 10 heteroatoms. The van der Waals surface area contributed by atoms with Crippen molar-refractivity contribution in [3.05, 3.63) is 0 Å². The first-order valence-corrected chi connectivity index (χ1v) is 22.0. The third-order valence-corrected chi connectivity index (χ3v) is 10.8. The molecule has 1 aliphatic rings. The highest BCUT2D eigenvalue weighted by Crippen LogP contribution is 2.23. The Kier molecular flexibility index (Phi) is 33.4. The first-order valence-electron chi connectivity index (χ1n) is 22.0. The molecule has 0 bridgehead atoms. The molecule has 1 aliphatic heterocycles. The van der Waals surface area contributed by atoms with Gasteiger partial charge < -0.3 is 44.8 Å². The fourth-order valence-electron chi connectivity index (χ4n) is 7.13. The lowest BCUT2D eigenvalue weighted by Crippen LogP contribution is -2.60. The molecule has 0 aromatic carbocycles. The number of nitrogens with one attached hydrogen (secondary N) is 1. The summed E-state index contributed by atoms with van der Waals surface area (Å²) >= 11 is 0. The summed E-state index contributed by atoms with van der Waals surface area (Å²) in [6.45, 7) is 4.55. The van der Waals surface area contributed by atoms with E-state index in [1.165, 1.54) is 141 Å². The summed E-state index contributed by atoms with van der Waals surface area (Å²) in [7, 11) is 0.